The fourth-order valence-electron chi connectivity index (χ4n) is 3.18. The van der Waals surface area contributed by atoms with Gasteiger partial charge in [0.1, 0.15) is 0 Å². The van der Waals surface area contributed by atoms with Gasteiger partial charge in [-0.3, -0.25) is 9.52 Å². The molecule has 0 aliphatic heterocycles. The van der Waals surface area contributed by atoms with Gasteiger partial charge in [0.05, 0.1) is 21.2 Å². The minimum absolute atomic E-state index is 0.0595. The number of benzene rings is 4. The third kappa shape index (κ3) is 5.99. The van der Waals surface area contributed by atoms with Crippen LogP contribution >= 0.6 is 23.4 Å². The first-order valence-corrected chi connectivity index (χ1v) is 13.2. The Hall–Kier alpha value is -3.26. The molecule has 0 saturated carbocycles. The van der Waals surface area contributed by atoms with Crippen LogP contribution in [0.2, 0.25) is 5.02 Å². The van der Waals surface area contributed by atoms with Crippen LogP contribution in [-0.2, 0) is 15.8 Å². The smallest absolute Gasteiger partial charge is 0.261 e. The number of halogens is 1. The average molecular weight is 509 g/mol. The van der Waals surface area contributed by atoms with E-state index in [-0.39, 0.29) is 10.8 Å². The van der Waals surface area contributed by atoms with E-state index in [0.29, 0.717) is 22.0 Å². The molecule has 0 fully saturated rings. The third-order valence-corrected chi connectivity index (χ3v) is 7.77. The average Bonchev–Trinajstić information content (AvgIpc) is 2.85. The Kier molecular flexibility index (Phi) is 7.57. The van der Waals surface area contributed by atoms with Crippen molar-refractivity contribution in [3.05, 3.63) is 119 Å². The van der Waals surface area contributed by atoms with Crippen LogP contribution in [0.15, 0.2) is 113 Å². The predicted molar refractivity (Wildman–Crippen MR) is 139 cm³/mol. The van der Waals surface area contributed by atoms with Crippen molar-refractivity contribution in [3.8, 4) is 0 Å². The summed E-state index contributed by atoms with van der Waals surface area (Å²) in [5.41, 5.74) is 2.51. The number of nitrogens with one attached hydrogen (secondary N) is 2. The van der Waals surface area contributed by atoms with Crippen LogP contribution in [0.1, 0.15) is 15.9 Å². The summed E-state index contributed by atoms with van der Waals surface area (Å²) in [6.07, 6.45) is 0. The largest absolute Gasteiger partial charge is 0.322 e. The molecule has 4 aromatic carbocycles. The van der Waals surface area contributed by atoms with Crippen molar-refractivity contribution >= 4 is 50.7 Å². The van der Waals surface area contributed by atoms with Gasteiger partial charge in [-0.05, 0) is 54.1 Å². The lowest BCUT2D eigenvalue weighted by Gasteiger charge is -2.12. The van der Waals surface area contributed by atoms with E-state index in [1.807, 2.05) is 48.5 Å². The van der Waals surface area contributed by atoms with Gasteiger partial charge in [-0.25, -0.2) is 8.42 Å². The van der Waals surface area contributed by atoms with Crippen molar-refractivity contribution in [1.29, 1.82) is 0 Å². The third-order valence-electron chi connectivity index (χ3n) is 4.91. The summed E-state index contributed by atoms with van der Waals surface area (Å²) in [5, 5.41) is 3.15. The number of rotatable bonds is 8. The van der Waals surface area contributed by atoms with Crippen molar-refractivity contribution in [2.75, 3.05) is 10.0 Å². The lowest BCUT2D eigenvalue weighted by Crippen LogP contribution is -2.15. The first kappa shape index (κ1) is 23.9. The normalized spacial score (nSPS) is 11.1. The molecule has 0 bridgehead atoms. The lowest BCUT2D eigenvalue weighted by molar-refractivity contribution is 0.102. The SMILES string of the molecule is O=C(Nc1ccc(S(=O)(=O)Nc2ccccc2Cl)cc1)c1ccccc1SCc1ccccc1. The quantitative estimate of drug-likeness (QED) is 0.260. The molecular formula is C26H21ClN2O3S2. The number of amides is 1. The highest BCUT2D eigenvalue weighted by molar-refractivity contribution is 7.98. The Balaban J connectivity index is 1.45. The number of thioether (sulfide) groups is 1. The molecule has 8 heteroatoms. The Morgan fingerprint density at radius 2 is 1.44 bits per heavy atom. The number of carbonyl (C=O) groups is 1. The summed E-state index contributed by atoms with van der Waals surface area (Å²) in [6, 6.07) is 30.0. The van der Waals surface area contributed by atoms with E-state index in [0.717, 1.165) is 10.6 Å². The van der Waals surface area contributed by atoms with Crippen LogP contribution in [0, 0.1) is 0 Å². The molecule has 4 rings (SSSR count). The second-order valence-electron chi connectivity index (χ2n) is 7.33. The Morgan fingerprint density at radius 1 is 0.794 bits per heavy atom. The molecule has 34 heavy (non-hydrogen) atoms. The molecule has 4 aromatic rings. The number of anilines is 2. The predicted octanol–water partition coefficient (Wildman–Crippen LogP) is 6.69. The number of hydrogen-bond donors (Lipinski definition) is 2. The molecule has 0 aliphatic carbocycles. The first-order chi connectivity index (χ1) is 16.4. The molecule has 0 atom stereocenters. The molecule has 172 valence electrons. The van der Waals surface area contributed by atoms with Crippen molar-refractivity contribution in [2.45, 2.75) is 15.5 Å². The summed E-state index contributed by atoms with van der Waals surface area (Å²) in [4.78, 5) is 13.9. The van der Waals surface area contributed by atoms with Crippen LogP contribution < -0.4 is 10.0 Å². The van der Waals surface area contributed by atoms with E-state index >= 15 is 0 Å². The maximum atomic E-state index is 12.9. The molecule has 1 amide bonds. The monoisotopic (exact) mass is 508 g/mol. The maximum absolute atomic E-state index is 12.9. The summed E-state index contributed by atoms with van der Waals surface area (Å²) < 4.78 is 27.8. The summed E-state index contributed by atoms with van der Waals surface area (Å²) in [6.45, 7) is 0. The fraction of sp³-hybridized carbons (Fsp3) is 0.0385. The molecule has 0 saturated heterocycles. The molecule has 5 nitrogen and oxygen atoms in total. The molecule has 0 unspecified atom stereocenters. The number of para-hydroxylation sites is 1. The standard InChI is InChI=1S/C26H21ClN2O3S2/c27-23-11-5-6-12-24(23)29-34(31,32)21-16-14-20(15-17-21)28-26(30)22-10-4-7-13-25(22)33-18-19-8-2-1-3-9-19/h1-17,29H,18H2,(H,28,30). The zero-order valence-electron chi connectivity index (χ0n) is 17.9. The molecule has 0 aliphatic rings. The van der Waals surface area contributed by atoms with Crippen LogP contribution in [0.4, 0.5) is 11.4 Å². The summed E-state index contributed by atoms with van der Waals surface area (Å²) >= 11 is 7.64. The van der Waals surface area contributed by atoms with E-state index in [1.165, 1.54) is 17.7 Å². The van der Waals surface area contributed by atoms with Crippen molar-refractivity contribution < 1.29 is 13.2 Å². The summed E-state index contributed by atoms with van der Waals surface area (Å²) in [5.74, 6) is 0.483. The van der Waals surface area contributed by atoms with E-state index in [1.54, 1.807) is 54.2 Å². The molecule has 0 radical (unpaired) electrons. The van der Waals surface area contributed by atoms with Gasteiger partial charge < -0.3 is 5.32 Å². The van der Waals surface area contributed by atoms with Crippen LogP contribution in [0.5, 0.6) is 0 Å². The minimum Gasteiger partial charge on any atom is -0.322 e. The molecule has 2 N–H and O–H groups in total. The highest BCUT2D eigenvalue weighted by Crippen LogP contribution is 2.28. The van der Waals surface area contributed by atoms with Gasteiger partial charge in [0.25, 0.3) is 15.9 Å². The second kappa shape index (κ2) is 10.8. The first-order valence-electron chi connectivity index (χ1n) is 10.4. The topological polar surface area (TPSA) is 75.3 Å². The van der Waals surface area contributed by atoms with Crippen molar-refractivity contribution in [2.24, 2.45) is 0 Å². The highest BCUT2D eigenvalue weighted by Gasteiger charge is 2.17. The zero-order chi connectivity index (χ0) is 24.0. The van der Waals surface area contributed by atoms with Gasteiger partial charge in [0.15, 0.2) is 0 Å². The van der Waals surface area contributed by atoms with Gasteiger partial charge in [0, 0.05) is 16.3 Å². The van der Waals surface area contributed by atoms with Crippen LogP contribution in [-0.4, -0.2) is 14.3 Å². The fourth-order valence-corrected chi connectivity index (χ4v) is 5.50. The van der Waals surface area contributed by atoms with E-state index in [4.69, 9.17) is 11.6 Å². The molecule has 0 heterocycles. The van der Waals surface area contributed by atoms with Crippen molar-refractivity contribution in [3.63, 3.8) is 0 Å². The molecule has 0 spiro atoms. The van der Waals surface area contributed by atoms with Gasteiger partial charge >= 0.3 is 0 Å². The lowest BCUT2D eigenvalue weighted by atomic mass is 10.2. The highest BCUT2D eigenvalue weighted by atomic mass is 35.5. The van der Waals surface area contributed by atoms with E-state index in [2.05, 4.69) is 10.0 Å². The Labute approximate surface area is 208 Å². The zero-order valence-corrected chi connectivity index (χ0v) is 20.3. The minimum atomic E-state index is -3.82. The number of sulfonamides is 1. The van der Waals surface area contributed by atoms with Crippen LogP contribution in [0.3, 0.4) is 0 Å². The molecular weight excluding hydrogens is 488 g/mol. The van der Waals surface area contributed by atoms with Gasteiger partial charge in [-0.15, -0.1) is 11.8 Å². The Bertz CT molecular complexity index is 1390. The molecule has 0 aromatic heterocycles. The van der Waals surface area contributed by atoms with E-state index < -0.39 is 10.0 Å². The Morgan fingerprint density at radius 3 is 2.18 bits per heavy atom. The van der Waals surface area contributed by atoms with Crippen molar-refractivity contribution in [1.82, 2.24) is 0 Å². The summed E-state index contributed by atoms with van der Waals surface area (Å²) in [7, 11) is -3.82. The maximum Gasteiger partial charge on any atom is 0.261 e. The number of carbonyl (C=O) groups excluding carboxylic acids is 1. The number of hydrogen-bond acceptors (Lipinski definition) is 4. The van der Waals surface area contributed by atoms with Gasteiger partial charge in [-0.2, -0.15) is 0 Å². The van der Waals surface area contributed by atoms with Gasteiger partial charge in [0.2, 0.25) is 0 Å². The van der Waals surface area contributed by atoms with Gasteiger partial charge in [-0.1, -0.05) is 66.2 Å². The van der Waals surface area contributed by atoms with E-state index in [9.17, 15) is 13.2 Å². The second-order valence-corrected chi connectivity index (χ2v) is 10.4. The van der Waals surface area contributed by atoms with Crippen LogP contribution in [0.25, 0.3) is 0 Å².